The van der Waals surface area contributed by atoms with E-state index in [0.29, 0.717) is 42.5 Å². The molecule has 2 amide bonds. The number of carbonyl (C=O) groups is 2. The summed E-state index contributed by atoms with van der Waals surface area (Å²) in [4.78, 5) is 43.6. The van der Waals surface area contributed by atoms with Crippen molar-refractivity contribution in [2.75, 3.05) is 13.1 Å². The molecule has 202 valence electrons. The SMILES string of the molecule is CCCCN(CC(=O)N(Cc1ccccc1)Cc1coc2ccc(C)cc2c1=O)C(=O)CCc1ccccc1. The molecule has 6 nitrogen and oxygen atoms in total. The van der Waals surface area contributed by atoms with Crippen LogP contribution in [0.2, 0.25) is 0 Å². The maximum absolute atomic E-state index is 13.7. The fourth-order valence-corrected chi connectivity index (χ4v) is 4.59. The van der Waals surface area contributed by atoms with Crippen LogP contribution in [0.3, 0.4) is 0 Å². The van der Waals surface area contributed by atoms with Crippen LogP contribution in [0, 0.1) is 6.92 Å². The molecule has 3 aromatic carbocycles. The zero-order valence-corrected chi connectivity index (χ0v) is 22.8. The van der Waals surface area contributed by atoms with E-state index in [1.807, 2.05) is 79.7 Å². The number of carbonyl (C=O) groups excluding carboxylic acids is 2. The van der Waals surface area contributed by atoms with E-state index in [9.17, 15) is 14.4 Å². The largest absolute Gasteiger partial charge is 0.464 e. The van der Waals surface area contributed by atoms with E-state index >= 15 is 0 Å². The second kappa shape index (κ2) is 13.6. The Morgan fingerprint density at radius 3 is 2.21 bits per heavy atom. The van der Waals surface area contributed by atoms with Crippen molar-refractivity contribution < 1.29 is 14.0 Å². The summed E-state index contributed by atoms with van der Waals surface area (Å²) in [6.07, 6.45) is 4.15. The summed E-state index contributed by atoms with van der Waals surface area (Å²) in [5.41, 5.74) is 3.79. The van der Waals surface area contributed by atoms with Crippen molar-refractivity contribution in [3.63, 3.8) is 0 Å². The predicted molar refractivity (Wildman–Crippen MR) is 154 cm³/mol. The van der Waals surface area contributed by atoms with Crippen LogP contribution in [-0.2, 0) is 29.1 Å². The molecular formula is C33H36N2O4. The van der Waals surface area contributed by atoms with Crippen molar-refractivity contribution in [1.29, 1.82) is 0 Å². The Labute approximate surface area is 229 Å². The molecular weight excluding hydrogens is 488 g/mol. The molecule has 6 heteroatoms. The predicted octanol–water partition coefficient (Wildman–Crippen LogP) is 5.89. The van der Waals surface area contributed by atoms with E-state index in [1.165, 1.54) is 6.26 Å². The van der Waals surface area contributed by atoms with E-state index in [1.54, 1.807) is 15.9 Å². The minimum Gasteiger partial charge on any atom is -0.464 e. The van der Waals surface area contributed by atoms with E-state index < -0.39 is 0 Å². The van der Waals surface area contributed by atoms with Gasteiger partial charge in [-0.3, -0.25) is 14.4 Å². The van der Waals surface area contributed by atoms with E-state index in [4.69, 9.17) is 4.42 Å². The van der Waals surface area contributed by atoms with Crippen LogP contribution < -0.4 is 5.43 Å². The van der Waals surface area contributed by atoms with Crippen molar-refractivity contribution in [2.45, 2.75) is 52.6 Å². The summed E-state index contributed by atoms with van der Waals surface area (Å²) in [5.74, 6) is -0.243. The molecule has 0 aliphatic heterocycles. The number of unbranched alkanes of at least 4 members (excludes halogenated alkanes) is 1. The Morgan fingerprint density at radius 1 is 0.821 bits per heavy atom. The van der Waals surface area contributed by atoms with Gasteiger partial charge in [-0.2, -0.15) is 0 Å². The van der Waals surface area contributed by atoms with Crippen molar-refractivity contribution in [2.24, 2.45) is 0 Å². The molecule has 4 rings (SSSR count). The Morgan fingerprint density at radius 2 is 1.51 bits per heavy atom. The smallest absolute Gasteiger partial charge is 0.242 e. The van der Waals surface area contributed by atoms with E-state index in [2.05, 4.69) is 6.92 Å². The van der Waals surface area contributed by atoms with Gasteiger partial charge in [0.05, 0.1) is 30.3 Å². The lowest BCUT2D eigenvalue weighted by Gasteiger charge is -2.28. The lowest BCUT2D eigenvalue weighted by molar-refractivity contribution is -0.141. The van der Waals surface area contributed by atoms with Crippen LogP contribution in [-0.4, -0.2) is 34.7 Å². The Kier molecular flexibility index (Phi) is 9.68. The van der Waals surface area contributed by atoms with Crippen molar-refractivity contribution in [3.8, 4) is 0 Å². The van der Waals surface area contributed by atoms with Gasteiger partial charge in [0.2, 0.25) is 11.8 Å². The Hall–Kier alpha value is -4.19. The van der Waals surface area contributed by atoms with Crippen LogP contribution >= 0.6 is 0 Å². The molecule has 0 unspecified atom stereocenters. The lowest BCUT2D eigenvalue weighted by Crippen LogP contribution is -2.43. The zero-order chi connectivity index (χ0) is 27.6. The maximum atomic E-state index is 13.7. The lowest BCUT2D eigenvalue weighted by atomic mass is 10.1. The van der Waals surface area contributed by atoms with Crippen molar-refractivity contribution in [1.82, 2.24) is 9.80 Å². The van der Waals surface area contributed by atoms with Gasteiger partial charge in [-0.25, -0.2) is 0 Å². The number of aryl methyl sites for hydroxylation is 2. The summed E-state index contributed by atoms with van der Waals surface area (Å²) >= 11 is 0. The van der Waals surface area contributed by atoms with E-state index in [-0.39, 0.29) is 30.3 Å². The summed E-state index contributed by atoms with van der Waals surface area (Å²) in [5, 5.41) is 0.500. The molecule has 0 aliphatic rings. The third-order valence-corrected chi connectivity index (χ3v) is 6.86. The first-order valence-electron chi connectivity index (χ1n) is 13.6. The highest BCUT2D eigenvalue weighted by molar-refractivity contribution is 5.85. The highest BCUT2D eigenvalue weighted by Crippen LogP contribution is 2.16. The fourth-order valence-electron chi connectivity index (χ4n) is 4.59. The quantitative estimate of drug-likeness (QED) is 0.232. The van der Waals surface area contributed by atoms with Gasteiger partial charge in [-0.15, -0.1) is 0 Å². The van der Waals surface area contributed by atoms with E-state index in [0.717, 1.165) is 29.5 Å². The molecule has 4 aromatic rings. The number of rotatable bonds is 12. The average Bonchev–Trinajstić information content (AvgIpc) is 2.96. The minimum absolute atomic E-state index is 0.0293. The molecule has 0 radical (unpaired) electrons. The van der Waals surface area contributed by atoms with Gasteiger partial charge in [-0.1, -0.05) is 85.6 Å². The third-order valence-electron chi connectivity index (χ3n) is 6.86. The number of benzene rings is 3. The normalized spacial score (nSPS) is 10.9. The molecule has 0 saturated heterocycles. The molecule has 0 atom stereocenters. The van der Waals surface area contributed by atoms with Gasteiger partial charge in [0, 0.05) is 19.5 Å². The second-order valence-corrected chi connectivity index (χ2v) is 9.98. The van der Waals surface area contributed by atoms with Crippen LogP contribution in [0.25, 0.3) is 11.0 Å². The molecule has 39 heavy (non-hydrogen) atoms. The molecule has 0 aliphatic carbocycles. The first-order valence-corrected chi connectivity index (χ1v) is 13.6. The van der Waals surface area contributed by atoms with Gasteiger partial charge in [0.1, 0.15) is 5.58 Å². The van der Waals surface area contributed by atoms with Gasteiger partial charge < -0.3 is 14.2 Å². The monoisotopic (exact) mass is 524 g/mol. The number of fused-ring (bicyclic) bond motifs is 1. The van der Waals surface area contributed by atoms with Crippen LogP contribution in [0.5, 0.6) is 0 Å². The Balaban J connectivity index is 1.55. The number of hydrogen-bond acceptors (Lipinski definition) is 4. The molecule has 1 aromatic heterocycles. The van der Waals surface area contributed by atoms with Gasteiger partial charge in [0.25, 0.3) is 0 Å². The standard InChI is InChI=1S/C33H36N2O4/c1-3-4-19-34(31(36)18-16-26-11-7-5-8-12-26)23-32(37)35(21-27-13-9-6-10-14-27)22-28-24-39-30-17-15-25(2)20-29(30)33(28)38/h5-15,17,20,24H,3-4,16,18-19,21-23H2,1-2H3. The second-order valence-electron chi connectivity index (χ2n) is 9.98. The van der Waals surface area contributed by atoms with Gasteiger partial charge >= 0.3 is 0 Å². The Bertz CT molecular complexity index is 1450. The third kappa shape index (κ3) is 7.66. The van der Waals surface area contributed by atoms with Gasteiger partial charge in [0.15, 0.2) is 5.43 Å². The molecule has 1 heterocycles. The van der Waals surface area contributed by atoms with Crippen molar-refractivity contribution >= 4 is 22.8 Å². The number of nitrogens with zero attached hydrogens (tertiary/aromatic N) is 2. The highest BCUT2D eigenvalue weighted by Gasteiger charge is 2.23. The topological polar surface area (TPSA) is 70.8 Å². The molecule has 0 saturated carbocycles. The van der Waals surface area contributed by atoms with Crippen LogP contribution in [0.1, 0.15) is 48.4 Å². The molecule has 0 bridgehead atoms. The number of hydrogen-bond donors (Lipinski definition) is 0. The molecule has 0 spiro atoms. The molecule has 0 fully saturated rings. The first-order chi connectivity index (χ1) is 18.9. The van der Waals surface area contributed by atoms with Crippen LogP contribution in [0.15, 0.2) is 94.3 Å². The first kappa shape index (κ1) is 27.8. The summed E-state index contributed by atoms with van der Waals surface area (Å²) in [6, 6.07) is 25.1. The summed E-state index contributed by atoms with van der Waals surface area (Å²) in [6.45, 7) is 4.91. The maximum Gasteiger partial charge on any atom is 0.242 e. The summed E-state index contributed by atoms with van der Waals surface area (Å²) < 4.78 is 5.75. The zero-order valence-electron chi connectivity index (χ0n) is 22.8. The minimum atomic E-state index is -0.202. The highest BCUT2D eigenvalue weighted by atomic mass is 16.3. The van der Waals surface area contributed by atoms with Gasteiger partial charge in [-0.05, 0) is 43.0 Å². The van der Waals surface area contributed by atoms with Crippen LogP contribution in [0.4, 0.5) is 0 Å². The average molecular weight is 525 g/mol. The van der Waals surface area contributed by atoms with Crippen molar-refractivity contribution in [3.05, 3.63) is 118 Å². The molecule has 0 N–H and O–H groups in total. The number of amides is 2. The summed E-state index contributed by atoms with van der Waals surface area (Å²) in [7, 11) is 0. The fraction of sp³-hybridized carbons (Fsp3) is 0.303.